The van der Waals surface area contributed by atoms with Gasteiger partial charge >= 0.3 is 0 Å². The molecule has 0 radical (unpaired) electrons. The van der Waals surface area contributed by atoms with Gasteiger partial charge in [0.2, 0.25) is 0 Å². The molecule has 1 aromatic carbocycles. The molecule has 0 aliphatic heterocycles. The molecule has 0 saturated carbocycles. The number of halogens is 1. The minimum Gasteiger partial charge on any atom is -0.462 e. The Hall–Kier alpha value is -1.66. The summed E-state index contributed by atoms with van der Waals surface area (Å²) >= 11 is 5.89. The summed E-state index contributed by atoms with van der Waals surface area (Å²) in [5, 5.41) is 9.92. The van der Waals surface area contributed by atoms with E-state index in [1.807, 2.05) is 6.07 Å². The van der Waals surface area contributed by atoms with Crippen LogP contribution < -0.4 is 5.73 Å². The zero-order valence-corrected chi connectivity index (χ0v) is 7.30. The lowest BCUT2D eigenvalue weighted by molar-refractivity contribution is 0.617. The van der Waals surface area contributed by atoms with Crippen molar-refractivity contribution in [3.05, 3.63) is 29.0 Å². The summed E-state index contributed by atoms with van der Waals surface area (Å²) in [5.41, 5.74) is 6.82. The molecule has 2 rings (SSSR count). The van der Waals surface area contributed by atoms with Crippen LogP contribution in [-0.2, 0) is 0 Å². The van der Waals surface area contributed by atoms with Crippen LogP contribution in [0.25, 0.3) is 11.0 Å². The molecule has 0 spiro atoms. The second-order valence-corrected chi connectivity index (χ2v) is 3.00. The number of rotatable bonds is 0. The molecule has 64 valence electrons. The fourth-order valence-electron chi connectivity index (χ4n) is 1.20. The maximum absolute atomic E-state index is 8.71. The Morgan fingerprint density at radius 3 is 3.00 bits per heavy atom. The number of hydrogen-bond donors (Lipinski definition) is 1. The van der Waals surface area contributed by atoms with Gasteiger partial charge in [-0.05, 0) is 12.1 Å². The maximum Gasteiger partial charge on any atom is 0.159 e. The van der Waals surface area contributed by atoms with Crippen LogP contribution in [0.5, 0.6) is 0 Å². The predicted molar refractivity (Wildman–Crippen MR) is 50.4 cm³/mol. The van der Waals surface area contributed by atoms with Gasteiger partial charge in [-0.1, -0.05) is 11.6 Å². The van der Waals surface area contributed by atoms with Gasteiger partial charge in [-0.2, -0.15) is 5.26 Å². The summed E-state index contributed by atoms with van der Waals surface area (Å²) in [4.78, 5) is 0. The lowest BCUT2D eigenvalue weighted by Crippen LogP contribution is -1.90. The first kappa shape index (κ1) is 7.96. The van der Waals surface area contributed by atoms with E-state index >= 15 is 0 Å². The Bertz CT molecular complexity index is 510. The van der Waals surface area contributed by atoms with Gasteiger partial charge in [0.1, 0.15) is 6.07 Å². The van der Waals surface area contributed by atoms with E-state index in [-0.39, 0.29) is 0 Å². The first-order chi connectivity index (χ1) is 6.24. The third-order valence-electron chi connectivity index (χ3n) is 1.85. The van der Waals surface area contributed by atoms with Gasteiger partial charge in [0.15, 0.2) is 5.58 Å². The molecule has 1 aromatic heterocycles. The number of nitrogens with two attached hydrogens (primary N) is 1. The van der Waals surface area contributed by atoms with Crippen LogP contribution in [0, 0.1) is 11.3 Å². The van der Waals surface area contributed by atoms with Crippen molar-refractivity contribution in [1.82, 2.24) is 0 Å². The molecule has 0 saturated heterocycles. The van der Waals surface area contributed by atoms with Crippen molar-refractivity contribution in [2.75, 3.05) is 5.73 Å². The van der Waals surface area contributed by atoms with E-state index in [2.05, 4.69) is 0 Å². The van der Waals surface area contributed by atoms with Gasteiger partial charge in [0.25, 0.3) is 0 Å². The van der Waals surface area contributed by atoms with E-state index < -0.39 is 0 Å². The van der Waals surface area contributed by atoms with Crippen LogP contribution in [0.1, 0.15) is 5.56 Å². The standard InChI is InChI=1S/C9H5ClN2O/c10-7-3-5(4-11)8(12)9-6(7)1-2-13-9/h1-3H,12H2. The molecule has 0 unspecified atom stereocenters. The highest BCUT2D eigenvalue weighted by atomic mass is 35.5. The SMILES string of the molecule is N#Cc1cc(Cl)c2ccoc2c1N. The molecule has 0 atom stereocenters. The topological polar surface area (TPSA) is 63.0 Å². The van der Waals surface area contributed by atoms with Crippen LogP contribution in [0.3, 0.4) is 0 Å². The van der Waals surface area contributed by atoms with E-state index in [0.717, 1.165) is 5.39 Å². The smallest absolute Gasteiger partial charge is 0.159 e. The summed E-state index contributed by atoms with van der Waals surface area (Å²) in [6.07, 6.45) is 1.49. The van der Waals surface area contributed by atoms with Crippen LogP contribution in [0.4, 0.5) is 5.69 Å². The molecule has 0 fully saturated rings. The van der Waals surface area contributed by atoms with E-state index in [1.54, 1.807) is 6.07 Å². The number of anilines is 1. The van der Waals surface area contributed by atoms with Crippen molar-refractivity contribution in [3.8, 4) is 6.07 Å². The highest BCUT2D eigenvalue weighted by molar-refractivity contribution is 6.36. The number of nitrogen functional groups attached to an aromatic ring is 1. The predicted octanol–water partition coefficient (Wildman–Crippen LogP) is 2.54. The highest BCUT2D eigenvalue weighted by Crippen LogP contribution is 2.31. The van der Waals surface area contributed by atoms with Gasteiger partial charge in [0, 0.05) is 5.39 Å². The summed E-state index contributed by atoms with van der Waals surface area (Å²) in [6.45, 7) is 0. The zero-order chi connectivity index (χ0) is 9.42. The number of nitriles is 1. The first-order valence-electron chi connectivity index (χ1n) is 3.59. The van der Waals surface area contributed by atoms with Crippen LogP contribution in [0.15, 0.2) is 22.8 Å². The Labute approximate surface area is 79.3 Å². The van der Waals surface area contributed by atoms with Crippen molar-refractivity contribution in [2.24, 2.45) is 0 Å². The maximum atomic E-state index is 8.71. The molecule has 0 amide bonds. The second kappa shape index (κ2) is 2.68. The number of nitrogens with zero attached hydrogens (tertiary/aromatic N) is 1. The second-order valence-electron chi connectivity index (χ2n) is 2.59. The van der Waals surface area contributed by atoms with Gasteiger partial charge in [0.05, 0.1) is 22.5 Å². The summed E-state index contributed by atoms with van der Waals surface area (Å²) < 4.78 is 5.11. The lowest BCUT2D eigenvalue weighted by Gasteiger charge is -1.99. The molecule has 3 nitrogen and oxygen atoms in total. The van der Waals surface area contributed by atoms with Crippen molar-refractivity contribution >= 4 is 28.3 Å². The normalized spacial score (nSPS) is 10.2. The molecule has 4 heteroatoms. The minimum atomic E-state index is 0.340. The van der Waals surface area contributed by atoms with Crippen molar-refractivity contribution < 1.29 is 4.42 Å². The molecule has 2 N–H and O–H groups in total. The van der Waals surface area contributed by atoms with Gasteiger partial charge in [-0.25, -0.2) is 0 Å². The molecule has 0 aliphatic carbocycles. The van der Waals surface area contributed by atoms with Crippen LogP contribution >= 0.6 is 11.6 Å². The fourth-order valence-corrected chi connectivity index (χ4v) is 1.46. The lowest BCUT2D eigenvalue weighted by atomic mass is 10.1. The Morgan fingerprint density at radius 2 is 2.31 bits per heavy atom. The first-order valence-corrected chi connectivity index (χ1v) is 3.97. The van der Waals surface area contributed by atoms with Gasteiger partial charge in [-0.3, -0.25) is 0 Å². The quantitative estimate of drug-likeness (QED) is 0.653. The van der Waals surface area contributed by atoms with Gasteiger partial charge < -0.3 is 10.2 Å². The third-order valence-corrected chi connectivity index (χ3v) is 2.16. The largest absolute Gasteiger partial charge is 0.462 e. The van der Waals surface area contributed by atoms with Crippen molar-refractivity contribution in [3.63, 3.8) is 0 Å². The number of fused-ring (bicyclic) bond motifs is 1. The average molecular weight is 193 g/mol. The summed E-state index contributed by atoms with van der Waals surface area (Å²) in [5.74, 6) is 0. The van der Waals surface area contributed by atoms with E-state index in [9.17, 15) is 0 Å². The molecule has 13 heavy (non-hydrogen) atoms. The summed E-state index contributed by atoms with van der Waals surface area (Å²) in [6, 6.07) is 5.20. The fraction of sp³-hybridized carbons (Fsp3) is 0. The van der Waals surface area contributed by atoms with Gasteiger partial charge in [-0.15, -0.1) is 0 Å². The number of hydrogen-bond acceptors (Lipinski definition) is 3. The molecule has 2 aromatic rings. The number of benzene rings is 1. The summed E-state index contributed by atoms with van der Waals surface area (Å²) in [7, 11) is 0. The van der Waals surface area contributed by atoms with Crippen LogP contribution in [-0.4, -0.2) is 0 Å². The molecule has 0 bridgehead atoms. The highest BCUT2D eigenvalue weighted by Gasteiger charge is 2.10. The Morgan fingerprint density at radius 1 is 1.54 bits per heavy atom. The Balaban J connectivity index is 2.95. The minimum absolute atomic E-state index is 0.340. The molecule has 1 heterocycles. The Kier molecular flexibility index (Phi) is 1.64. The number of furan rings is 1. The van der Waals surface area contributed by atoms with Crippen molar-refractivity contribution in [1.29, 1.82) is 5.26 Å². The van der Waals surface area contributed by atoms with E-state index in [0.29, 0.717) is 21.9 Å². The van der Waals surface area contributed by atoms with Crippen LogP contribution in [0.2, 0.25) is 5.02 Å². The van der Waals surface area contributed by atoms with Crippen molar-refractivity contribution in [2.45, 2.75) is 0 Å². The molecule has 0 aliphatic rings. The van der Waals surface area contributed by atoms with E-state index in [1.165, 1.54) is 12.3 Å². The molecular formula is C9H5ClN2O. The average Bonchev–Trinajstić information content (AvgIpc) is 2.60. The van der Waals surface area contributed by atoms with E-state index in [4.69, 9.17) is 27.0 Å². The molecular weight excluding hydrogens is 188 g/mol. The zero-order valence-electron chi connectivity index (χ0n) is 6.54. The third kappa shape index (κ3) is 1.04. The monoisotopic (exact) mass is 192 g/mol.